The summed E-state index contributed by atoms with van der Waals surface area (Å²) in [6, 6.07) is 4.14. The Kier molecular flexibility index (Phi) is 3.76. The average molecular weight is 276 g/mol. The van der Waals surface area contributed by atoms with E-state index in [1.54, 1.807) is 6.07 Å². The molecule has 2 aromatic rings. The molecule has 0 fully saturated rings. The van der Waals surface area contributed by atoms with Gasteiger partial charge in [0.05, 0.1) is 11.6 Å². The Morgan fingerprint density at radius 2 is 2.17 bits per heavy atom. The van der Waals surface area contributed by atoms with E-state index in [2.05, 4.69) is 10.3 Å². The first-order chi connectivity index (χ1) is 8.58. The highest BCUT2D eigenvalue weighted by Crippen LogP contribution is 2.19. The van der Waals surface area contributed by atoms with Gasteiger partial charge < -0.3 is 5.32 Å². The maximum Gasteiger partial charge on any atom is 0.319 e. The lowest BCUT2D eigenvalue weighted by molar-refractivity contribution is 0.0673. The maximum absolute atomic E-state index is 13.1. The van der Waals surface area contributed by atoms with Gasteiger partial charge in [-0.1, -0.05) is 11.6 Å². The topological polar surface area (TPSA) is 29.9 Å². The summed E-state index contributed by atoms with van der Waals surface area (Å²) in [4.78, 5) is 3.79. The second-order valence-corrected chi connectivity index (χ2v) is 3.92. The van der Waals surface area contributed by atoms with Gasteiger partial charge in [-0.15, -0.1) is 0 Å². The monoisotopic (exact) mass is 275 g/mol. The second-order valence-electron chi connectivity index (χ2n) is 3.51. The number of imidazole rings is 1. The minimum Gasteiger partial charge on any atom is -0.378 e. The van der Waals surface area contributed by atoms with Gasteiger partial charge in [-0.25, -0.2) is 9.37 Å². The van der Waals surface area contributed by atoms with Crippen LogP contribution in [0.25, 0.3) is 0 Å². The Labute approximate surface area is 106 Å². The van der Waals surface area contributed by atoms with Gasteiger partial charge in [-0.05, 0) is 18.2 Å². The predicted octanol–water partition coefficient (Wildman–Crippen LogP) is 3.68. The molecule has 0 aliphatic rings. The van der Waals surface area contributed by atoms with Crippen LogP contribution in [0.2, 0.25) is 5.02 Å². The van der Waals surface area contributed by atoms with Crippen molar-refractivity contribution in [1.82, 2.24) is 9.55 Å². The minimum absolute atomic E-state index is 0.00892. The van der Waals surface area contributed by atoms with Crippen molar-refractivity contribution in [2.24, 2.45) is 0 Å². The van der Waals surface area contributed by atoms with E-state index in [1.807, 2.05) is 0 Å². The van der Waals surface area contributed by atoms with Crippen LogP contribution in [-0.4, -0.2) is 9.55 Å². The highest BCUT2D eigenvalue weighted by Gasteiger charge is 2.11. The number of halogens is 4. The highest BCUT2D eigenvalue weighted by atomic mass is 35.5. The number of rotatable bonds is 4. The molecule has 0 atom stereocenters. The molecule has 0 spiro atoms. The largest absolute Gasteiger partial charge is 0.378 e. The molecule has 2 rings (SSSR count). The molecule has 0 unspecified atom stereocenters. The van der Waals surface area contributed by atoms with Crippen molar-refractivity contribution in [1.29, 1.82) is 0 Å². The van der Waals surface area contributed by atoms with E-state index in [0.29, 0.717) is 5.69 Å². The Bertz CT molecular complexity index is 542. The van der Waals surface area contributed by atoms with Crippen LogP contribution in [0.3, 0.4) is 0 Å². The molecular weight excluding hydrogens is 267 g/mol. The van der Waals surface area contributed by atoms with Crippen LogP contribution in [0.5, 0.6) is 0 Å². The Morgan fingerprint density at radius 1 is 1.39 bits per heavy atom. The van der Waals surface area contributed by atoms with Crippen LogP contribution in [-0.2, 0) is 6.54 Å². The second kappa shape index (κ2) is 5.30. The number of anilines is 1. The lowest BCUT2D eigenvalue weighted by Gasteiger charge is -2.09. The molecule has 0 aliphatic heterocycles. The summed E-state index contributed by atoms with van der Waals surface area (Å²) < 4.78 is 38.9. The molecule has 0 saturated carbocycles. The summed E-state index contributed by atoms with van der Waals surface area (Å²) in [7, 11) is 0. The molecule has 7 heteroatoms. The standard InChI is InChI=1S/C11H9ClF3N3/c12-8-2-1-7(5-9(8)13)17-6-10-16-3-4-18(10)11(14)15/h1-5,11,17H,6H2. The first-order valence-electron chi connectivity index (χ1n) is 5.06. The summed E-state index contributed by atoms with van der Waals surface area (Å²) in [6.45, 7) is -2.58. The molecule has 0 bridgehead atoms. The SMILES string of the molecule is Fc1cc(NCc2nccn2C(F)F)ccc1Cl. The molecule has 1 N–H and O–H groups in total. The van der Waals surface area contributed by atoms with E-state index in [0.717, 1.165) is 4.57 Å². The normalized spacial score (nSPS) is 10.9. The van der Waals surface area contributed by atoms with Crippen molar-refractivity contribution >= 4 is 17.3 Å². The number of alkyl halides is 2. The Balaban J connectivity index is 2.07. The number of benzene rings is 1. The van der Waals surface area contributed by atoms with Gasteiger partial charge in [0.2, 0.25) is 0 Å². The molecule has 1 aromatic heterocycles. The van der Waals surface area contributed by atoms with Crippen LogP contribution < -0.4 is 5.32 Å². The molecule has 18 heavy (non-hydrogen) atoms. The summed E-state index contributed by atoms with van der Waals surface area (Å²) in [5.74, 6) is -0.403. The zero-order valence-corrected chi connectivity index (χ0v) is 9.83. The van der Waals surface area contributed by atoms with Gasteiger partial charge in [-0.2, -0.15) is 8.78 Å². The summed E-state index contributed by atoms with van der Waals surface area (Å²) in [5, 5.41) is 2.80. The van der Waals surface area contributed by atoms with Crippen LogP contribution >= 0.6 is 11.6 Å². The Hall–Kier alpha value is -1.69. The summed E-state index contributed by atoms with van der Waals surface area (Å²) >= 11 is 5.53. The zero-order chi connectivity index (χ0) is 13.1. The van der Waals surface area contributed by atoms with E-state index in [1.165, 1.54) is 24.5 Å². The lowest BCUT2D eigenvalue weighted by Crippen LogP contribution is -2.09. The van der Waals surface area contributed by atoms with Gasteiger partial charge in [-0.3, -0.25) is 4.57 Å². The molecular formula is C11H9ClF3N3. The molecule has 1 aromatic carbocycles. The van der Waals surface area contributed by atoms with Gasteiger partial charge in [0, 0.05) is 18.1 Å². The van der Waals surface area contributed by atoms with Crippen molar-refractivity contribution in [3.63, 3.8) is 0 Å². The number of nitrogens with zero attached hydrogens (tertiary/aromatic N) is 2. The number of hydrogen-bond donors (Lipinski definition) is 1. The highest BCUT2D eigenvalue weighted by molar-refractivity contribution is 6.30. The molecule has 96 valence electrons. The predicted molar refractivity (Wildman–Crippen MR) is 62.2 cm³/mol. The van der Waals surface area contributed by atoms with Crippen LogP contribution in [0.15, 0.2) is 30.6 Å². The molecule has 0 radical (unpaired) electrons. The van der Waals surface area contributed by atoms with Gasteiger partial charge in [0.1, 0.15) is 11.6 Å². The average Bonchev–Trinajstić information content (AvgIpc) is 2.79. The number of nitrogens with one attached hydrogen (secondary N) is 1. The number of aromatic nitrogens is 2. The first-order valence-corrected chi connectivity index (χ1v) is 5.44. The van der Waals surface area contributed by atoms with Crippen molar-refractivity contribution in [3.05, 3.63) is 47.3 Å². The van der Waals surface area contributed by atoms with E-state index in [4.69, 9.17) is 11.6 Å². The quantitative estimate of drug-likeness (QED) is 0.922. The van der Waals surface area contributed by atoms with E-state index in [9.17, 15) is 13.2 Å². The van der Waals surface area contributed by atoms with Gasteiger partial charge in [0.15, 0.2) is 0 Å². The fraction of sp³-hybridized carbons (Fsp3) is 0.182. The van der Waals surface area contributed by atoms with Crippen molar-refractivity contribution in [2.75, 3.05) is 5.32 Å². The van der Waals surface area contributed by atoms with Crippen LogP contribution in [0, 0.1) is 5.82 Å². The fourth-order valence-corrected chi connectivity index (χ4v) is 1.56. The van der Waals surface area contributed by atoms with Crippen LogP contribution in [0.1, 0.15) is 12.4 Å². The first kappa shape index (κ1) is 12.8. The third-order valence-electron chi connectivity index (χ3n) is 2.33. The van der Waals surface area contributed by atoms with E-state index >= 15 is 0 Å². The fourth-order valence-electron chi connectivity index (χ4n) is 1.45. The van der Waals surface area contributed by atoms with Gasteiger partial charge in [0.25, 0.3) is 0 Å². The van der Waals surface area contributed by atoms with Crippen LogP contribution in [0.4, 0.5) is 18.9 Å². The molecule has 3 nitrogen and oxygen atoms in total. The van der Waals surface area contributed by atoms with Crippen molar-refractivity contribution < 1.29 is 13.2 Å². The molecule has 0 saturated heterocycles. The maximum atomic E-state index is 13.1. The van der Waals surface area contributed by atoms with Crippen molar-refractivity contribution in [2.45, 2.75) is 13.1 Å². The third-order valence-corrected chi connectivity index (χ3v) is 2.64. The minimum atomic E-state index is -2.65. The zero-order valence-electron chi connectivity index (χ0n) is 9.08. The smallest absolute Gasteiger partial charge is 0.319 e. The summed E-state index contributed by atoms with van der Waals surface area (Å²) in [6.07, 6.45) is 2.47. The third kappa shape index (κ3) is 2.76. The van der Waals surface area contributed by atoms with E-state index < -0.39 is 12.4 Å². The molecule has 0 aliphatic carbocycles. The lowest BCUT2D eigenvalue weighted by atomic mass is 10.3. The van der Waals surface area contributed by atoms with Gasteiger partial charge >= 0.3 is 6.55 Å². The molecule has 1 heterocycles. The summed E-state index contributed by atoms with van der Waals surface area (Å²) in [5.41, 5.74) is 0.445. The Morgan fingerprint density at radius 3 is 2.83 bits per heavy atom. The number of hydrogen-bond acceptors (Lipinski definition) is 2. The van der Waals surface area contributed by atoms with E-state index in [-0.39, 0.29) is 17.4 Å². The van der Waals surface area contributed by atoms with Crippen molar-refractivity contribution in [3.8, 4) is 0 Å². The molecule has 0 amide bonds.